The van der Waals surface area contributed by atoms with E-state index < -0.39 is 0 Å². The third-order valence-corrected chi connectivity index (χ3v) is 7.96. The number of nitrogens with zero attached hydrogens (tertiary/aromatic N) is 6. The van der Waals surface area contributed by atoms with Crippen molar-refractivity contribution in [3.8, 4) is 62.7 Å². The molecule has 0 bridgehead atoms. The van der Waals surface area contributed by atoms with Gasteiger partial charge < -0.3 is 28.4 Å². The Morgan fingerprint density at radius 1 is 0.500 bits per heavy atom. The van der Waals surface area contributed by atoms with Crippen molar-refractivity contribution in [1.82, 2.24) is 29.5 Å². The van der Waals surface area contributed by atoms with Crippen LogP contribution in [0.25, 0.3) is 61.5 Å². The Kier molecular flexibility index (Phi) is 10.1. The summed E-state index contributed by atoms with van der Waals surface area (Å²) in [5.41, 5.74) is 6.01. The molecule has 11 heteroatoms. The molecule has 4 aromatic carbocycles. The van der Waals surface area contributed by atoms with Crippen molar-refractivity contribution in [2.24, 2.45) is 0 Å². The van der Waals surface area contributed by atoms with Gasteiger partial charge in [-0.15, -0.1) is 71.8 Å². The molecule has 0 atom stereocenters. The fourth-order valence-electron chi connectivity index (χ4n) is 5.66. The van der Waals surface area contributed by atoms with E-state index in [9.17, 15) is 0 Å². The van der Waals surface area contributed by atoms with Crippen LogP contribution in [0.15, 0.2) is 139 Å². The standard InChI is InChI=1S/C41H22N6O3.2Pd/c1-3-17-42-36(11-1)27-7-5-9-30(19-27)49-32-13-15-34-35-16-14-33(50-31-10-6-8-28(20-31)37-12-2-4-18-43-37)22-40(35)47(39(34)21-32)41-44-23-29(24-45-41)38-25-48-26-46-38;;/h1-18,23-26H;;/q-4;2*+2. The van der Waals surface area contributed by atoms with Crippen molar-refractivity contribution in [3.05, 3.63) is 159 Å². The number of hydrogen-bond acceptors (Lipinski definition) is 8. The van der Waals surface area contributed by atoms with Crippen LogP contribution in [0.2, 0.25) is 0 Å². The van der Waals surface area contributed by atoms with E-state index in [2.05, 4.69) is 39.2 Å². The molecule has 0 aliphatic carbocycles. The number of pyridine rings is 2. The van der Waals surface area contributed by atoms with Crippen LogP contribution in [0, 0.1) is 24.3 Å². The van der Waals surface area contributed by atoms with Crippen LogP contribution >= 0.6 is 0 Å². The number of benzene rings is 4. The molecule has 0 fully saturated rings. The number of ether oxygens (including phenoxy) is 2. The molecule has 0 radical (unpaired) electrons. The Morgan fingerprint density at radius 3 is 1.52 bits per heavy atom. The van der Waals surface area contributed by atoms with Crippen LogP contribution in [0.5, 0.6) is 23.0 Å². The SMILES string of the molecule is [Pd+2].[Pd+2].[c-]1c(Oc2[c-]c3c(cc2)c2ccc(Oc4[c-]c(-c5ccccn5)ccc4)[c-]c2n3-c2ncc(-c3cocn3)cn2)cccc1-c1ccccn1. The molecule has 0 N–H and O–H groups in total. The summed E-state index contributed by atoms with van der Waals surface area (Å²) in [4.78, 5) is 22.5. The van der Waals surface area contributed by atoms with Gasteiger partial charge in [0.05, 0.1) is 0 Å². The van der Waals surface area contributed by atoms with Crippen LogP contribution in [0.3, 0.4) is 0 Å². The van der Waals surface area contributed by atoms with Crippen molar-refractivity contribution in [2.45, 2.75) is 0 Å². The summed E-state index contributed by atoms with van der Waals surface area (Å²) in [5.74, 6) is 2.46. The van der Waals surface area contributed by atoms with Gasteiger partial charge >= 0.3 is 40.8 Å². The summed E-state index contributed by atoms with van der Waals surface area (Å²) in [6.45, 7) is 0. The molecule has 0 amide bonds. The topological polar surface area (TPSA) is 101 Å². The molecule has 5 aromatic heterocycles. The second-order valence-electron chi connectivity index (χ2n) is 11.1. The van der Waals surface area contributed by atoms with Crippen LogP contribution in [-0.2, 0) is 40.8 Å². The van der Waals surface area contributed by atoms with Gasteiger partial charge in [0.15, 0.2) is 6.39 Å². The van der Waals surface area contributed by atoms with E-state index in [0.29, 0.717) is 45.7 Å². The average molecular weight is 860 g/mol. The summed E-state index contributed by atoms with van der Waals surface area (Å²) in [5, 5.41) is 1.82. The van der Waals surface area contributed by atoms with Gasteiger partial charge in [-0.25, -0.2) is 15.0 Å². The zero-order valence-corrected chi connectivity index (χ0v) is 29.9. The maximum atomic E-state index is 6.30. The monoisotopic (exact) mass is 858 g/mol. The van der Waals surface area contributed by atoms with Crippen LogP contribution in [-0.4, -0.2) is 29.5 Å². The molecule has 0 saturated heterocycles. The fraction of sp³-hybridized carbons (Fsp3) is 0. The summed E-state index contributed by atoms with van der Waals surface area (Å²) in [6.07, 6.45) is 9.83. The second kappa shape index (κ2) is 15.2. The Morgan fingerprint density at radius 2 is 1.04 bits per heavy atom. The molecule has 9 nitrogen and oxygen atoms in total. The van der Waals surface area contributed by atoms with Gasteiger partial charge in [-0.2, -0.15) is 22.9 Å². The zero-order valence-electron chi connectivity index (χ0n) is 26.7. The van der Waals surface area contributed by atoms with Gasteiger partial charge in [0.2, 0.25) is 5.95 Å². The molecule has 52 heavy (non-hydrogen) atoms. The predicted molar refractivity (Wildman–Crippen MR) is 187 cm³/mol. The Labute approximate surface area is 325 Å². The Balaban J connectivity index is 0.00000210. The summed E-state index contributed by atoms with van der Waals surface area (Å²) in [6, 6.07) is 44.2. The second-order valence-corrected chi connectivity index (χ2v) is 11.1. The predicted octanol–water partition coefficient (Wildman–Crippen LogP) is 9.13. The first kappa shape index (κ1) is 34.6. The first-order chi connectivity index (χ1) is 24.7. The normalized spacial score (nSPS) is 10.8. The maximum absolute atomic E-state index is 6.30. The average Bonchev–Trinajstić information content (AvgIpc) is 3.83. The molecule has 9 rings (SSSR count). The summed E-state index contributed by atoms with van der Waals surface area (Å²) < 4.78 is 19.6. The summed E-state index contributed by atoms with van der Waals surface area (Å²) >= 11 is 0. The third kappa shape index (κ3) is 6.92. The number of aromatic nitrogens is 6. The van der Waals surface area contributed by atoms with Crippen molar-refractivity contribution >= 4 is 21.8 Å². The first-order valence-electron chi connectivity index (χ1n) is 15.6. The van der Waals surface area contributed by atoms with Gasteiger partial charge in [-0.3, -0.25) is 0 Å². The van der Waals surface area contributed by atoms with Gasteiger partial charge in [0.1, 0.15) is 12.0 Å². The quantitative estimate of drug-likeness (QED) is 0.110. The van der Waals surface area contributed by atoms with Crippen LogP contribution in [0.1, 0.15) is 0 Å². The molecular weight excluding hydrogens is 837 g/mol. The van der Waals surface area contributed by atoms with E-state index >= 15 is 0 Å². The number of oxazole rings is 1. The van der Waals surface area contributed by atoms with E-state index in [4.69, 9.17) is 23.9 Å². The molecule has 254 valence electrons. The largest absolute Gasteiger partial charge is 2.00 e. The van der Waals surface area contributed by atoms with Gasteiger partial charge in [-0.1, -0.05) is 47.4 Å². The minimum absolute atomic E-state index is 0. The zero-order chi connectivity index (χ0) is 33.3. The smallest absolute Gasteiger partial charge is 0.503 e. The van der Waals surface area contributed by atoms with E-state index in [0.717, 1.165) is 38.9 Å². The van der Waals surface area contributed by atoms with Gasteiger partial charge in [0.25, 0.3) is 0 Å². The molecule has 0 saturated carbocycles. The van der Waals surface area contributed by atoms with Crippen molar-refractivity contribution < 1.29 is 54.7 Å². The minimum Gasteiger partial charge on any atom is -0.503 e. The molecule has 0 aliphatic heterocycles. The van der Waals surface area contributed by atoms with E-state index in [-0.39, 0.29) is 40.8 Å². The molecule has 9 aromatic rings. The maximum Gasteiger partial charge on any atom is 2.00 e. The number of hydrogen-bond donors (Lipinski definition) is 0. The van der Waals surface area contributed by atoms with E-state index in [1.165, 1.54) is 6.39 Å². The van der Waals surface area contributed by atoms with E-state index in [1.807, 2.05) is 102 Å². The first-order valence-corrected chi connectivity index (χ1v) is 15.6. The van der Waals surface area contributed by atoms with E-state index in [1.54, 1.807) is 31.1 Å². The van der Waals surface area contributed by atoms with Crippen molar-refractivity contribution in [2.75, 3.05) is 0 Å². The van der Waals surface area contributed by atoms with Gasteiger partial charge in [0, 0.05) is 53.3 Å². The molecule has 0 aliphatic rings. The van der Waals surface area contributed by atoms with Crippen LogP contribution < -0.4 is 9.47 Å². The van der Waals surface area contributed by atoms with Crippen LogP contribution in [0.4, 0.5) is 0 Å². The Bertz CT molecular complexity index is 2460. The molecule has 5 heterocycles. The minimum atomic E-state index is 0. The number of rotatable bonds is 8. The third-order valence-electron chi connectivity index (χ3n) is 7.96. The number of fused-ring (bicyclic) bond motifs is 3. The molecular formula is C41H22N6O3Pd2. The molecule has 0 spiro atoms. The van der Waals surface area contributed by atoms with Crippen molar-refractivity contribution in [3.63, 3.8) is 0 Å². The van der Waals surface area contributed by atoms with Gasteiger partial charge in [-0.05, 0) is 23.5 Å². The fourth-order valence-corrected chi connectivity index (χ4v) is 5.66. The molecule has 0 unspecified atom stereocenters. The Hall–Kier alpha value is -5.81. The van der Waals surface area contributed by atoms with Crippen molar-refractivity contribution in [1.29, 1.82) is 0 Å². The summed E-state index contributed by atoms with van der Waals surface area (Å²) in [7, 11) is 0.